The van der Waals surface area contributed by atoms with Crippen LogP contribution < -0.4 is 16.4 Å². The first kappa shape index (κ1) is 20.1. The van der Waals surface area contributed by atoms with Crippen molar-refractivity contribution >= 4 is 28.3 Å². The molecule has 0 unspecified atom stereocenters. The van der Waals surface area contributed by atoms with Gasteiger partial charge in [0.15, 0.2) is 6.61 Å². The lowest BCUT2D eigenvalue weighted by Crippen LogP contribution is -2.33. The van der Waals surface area contributed by atoms with Gasteiger partial charge < -0.3 is 10.1 Å². The number of hydrogen-bond donors (Lipinski definition) is 2. The predicted molar refractivity (Wildman–Crippen MR) is 109 cm³/mol. The first-order chi connectivity index (χ1) is 13.8. The molecule has 0 fully saturated rings. The zero-order valence-corrected chi connectivity index (χ0v) is 16.4. The Morgan fingerprint density at radius 2 is 1.66 bits per heavy atom. The number of nitrogens with zero attached hydrogens (tertiary/aromatic N) is 1. The van der Waals surface area contributed by atoms with Gasteiger partial charge >= 0.3 is 5.97 Å². The highest BCUT2D eigenvalue weighted by Crippen LogP contribution is 2.21. The molecule has 0 spiro atoms. The van der Waals surface area contributed by atoms with Gasteiger partial charge in [-0.3, -0.25) is 24.3 Å². The van der Waals surface area contributed by atoms with Crippen LogP contribution in [-0.2, 0) is 20.9 Å². The van der Waals surface area contributed by atoms with Crippen LogP contribution in [0.15, 0.2) is 46.0 Å². The molecule has 8 heteroatoms. The van der Waals surface area contributed by atoms with Crippen molar-refractivity contribution in [2.45, 2.75) is 27.3 Å². The van der Waals surface area contributed by atoms with Gasteiger partial charge in [0.05, 0.1) is 10.8 Å². The van der Waals surface area contributed by atoms with Crippen molar-refractivity contribution < 1.29 is 14.3 Å². The molecule has 1 aromatic heterocycles. The van der Waals surface area contributed by atoms with Gasteiger partial charge in [-0.1, -0.05) is 29.8 Å². The van der Waals surface area contributed by atoms with Crippen molar-refractivity contribution in [1.82, 2.24) is 9.78 Å². The van der Waals surface area contributed by atoms with E-state index in [-0.39, 0.29) is 10.8 Å². The second-order valence-corrected chi connectivity index (χ2v) is 6.86. The molecule has 2 aromatic carbocycles. The summed E-state index contributed by atoms with van der Waals surface area (Å²) in [6, 6.07) is 10.2. The van der Waals surface area contributed by atoms with Crippen LogP contribution in [-0.4, -0.2) is 28.3 Å². The molecule has 150 valence electrons. The second kappa shape index (κ2) is 8.14. The van der Waals surface area contributed by atoms with Crippen LogP contribution in [0.25, 0.3) is 10.8 Å². The largest absolute Gasteiger partial charge is 0.454 e. The van der Waals surface area contributed by atoms with Crippen LogP contribution in [0, 0.1) is 20.8 Å². The standard InChI is InChI=1S/C21H21N3O5/c1-12-8-13(2)19(14(3)9-12)22-17(25)11-29-18(26)10-24-21(28)16-7-5-4-6-15(16)20(27)23-24/h4-9H,10-11H2,1-3H3,(H,22,25)(H,23,27). The SMILES string of the molecule is Cc1cc(C)c(NC(=O)COC(=O)Cn2[nH]c(=O)c3ccccc3c2=O)c(C)c1. The quantitative estimate of drug-likeness (QED) is 0.640. The molecule has 2 N–H and O–H groups in total. The summed E-state index contributed by atoms with van der Waals surface area (Å²) in [5.74, 6) is -1.31. The number of benzene rings is 2. The monoisotopic (exact) mass is 395 g/mol. The lowest BCUT2D eigenvalue weighted by Gasteiger charge is -2.13. The van der Waals surface area contributed by atoms with Crippen molar-refractivity contribution in [3.63, 3.8) is 0 Å². The number of nitrogens with one attached hydrogen (secondary N) is 2. The molecule has 0 atom stereocenters. The average molecular weight is 395 g/mol. The van der Waals surface area contributed by atoms with Crippen LogP contribution in [0.2, 0.25) is 0 Å². The third-order valence-corrected chi connectivity index (χ3v) is 4.48. The van der Waals surface area contributed by atoms with E-state index in [0.717, 1.165) is 21.4 Å². The van der Waals surface area contributed by atoms with Gasteiger partial charge in [-0.05, 0) is 44.0 Å². The molecule has 3 aromatic rings. The Morgan fingerprint density at radius 3 is 2.31 bits per heavy atom. The van der Waals surface area contributed by atoms with Crippen LogP contribution >= 0.6 is 0 Å². The summed E-state index contributed by atoms with van der Waals surface area (Å²) < 4.78 is 5.83. The van der Waals surface area contributed by atoms with Crippen LogP contribution in [0.1, 0.15) is 16.7 Å². The number of esters is 1. The van der Waals surface area contributed by atoms with Gasteiger partial charge in [0.25, 0.3) is 17.0 Å². The lowest BCUT2D eigenvalue weighted by molar-refractivity contribution is -0.148. The molecular weight excluding hydrogens is 374 g/mol. The van der Waals surface area contributed by atoms with E-state index < -0.39 is 36.1 Å². The zero-order valence-electron chi connectivity index (χ0n) is 16.4. The molecule has 29 heavy (non-hydrogen) atoms. The summed E-state index contributed by atoms with van der Waals surface area (Å²) in [6.07, 6.45) is 0. The van der Waals surface area contributed by atoms with E-state index in [1.807, 2.05) is 32.9 Å². The Hall–Kier alpha value is -3.68. The lowest BCUT2D eigenvalue weighted by atomic mass is 10.1. The van der Waals surface area contributed by atoms with Gasteiger partial charge in [0.1, 0.15) is 6.54 Å². The maximum atomic E-state index is 12.4. The highest BCUT2D eigenvalue weighted by Gasteiger charge is 2.14. The van der Waals surface area contributed by atoms with Gasteiger partial charge in [-0.15, -0.1) is 0 Å². The molecule has 0 aliphatic carbocycles. The Labute approximate surface area is 166 Å². The van der Waals surface area contributed by atoms with E-state index in [9.17, 15) is 19.2 Å². The number of carbonyl (C=O) groups excluding carboxylic acids is 2. The minimum absolute atomic E-state index is 0.201. The van der Waals surface area contributed by atoms with E-state index in [2.05, 4.69) is 10.4 Å². The number of H-pyrrole nitrogens is 1. The number of aromatic nitrogens is 2. The number of hydrogen-bond acceptors (Lipinski definition) is 5. The zero-order chi connectivity index (χ0) is 21.1. The van der Waals surface area contributed by atoms with Gasteiger partial charge in [-0.25, -0.2) is 4.68 Å². The molecular formula is C21H21N3O5. The third-order valence-electron chi connectivity index (χ3n) is 4.48. The number of fused-ring (bicyclic) bond motifs is 1. The minimum atomic E-state index is -0.814. The van der Waals surface area contributed by atoms with Crippen LogP contribution in [0.4, 0.5) is 5.69 Å². The molecule has 0 aliphatic heterocycles. The summed E-state index contributed by atoms with van der Waals surface area (Å²) in [5, 5.41) is 5.51. The predicted octanol–water partition coefficient (Wildman–Crippen LogP) is 1.80. The van der Waals surface area contributed by atoms with Gasteiger partial charge in [0.2, 0.25) is 0 Å². The summed E-state index contributed by atoms with van der Waals surface area (Å²) in [4.78, 5) is 48.7. The number of aryl methyl sites for hydroxylation is 3. The third kappa shape index (κ3) is 4.43. The molecule has 3 rings (SSSR count). The van der Waals surface area contributed by atoms with E-state index in [1.165, 1.54) is 12.1 Å². The smallest absolute Gasteiger partial charge is 0.328 e. The molecule has 1 heterocycles. The number of ether oxygens (including phenoxy) is 1. The molecule has 1 amide bonds. The second-order valence-electron chi connectivity index (χ2n) is 6.86. The summed E-state index contributed by atoms with van der Waals surface area (Å²) >= 11 is 0. The Bertz CT molecular complexity index is 1200. The van der Waals surface area contributed by atoms with Gasteiger partial charge in [-0.2, -0.15) is 0 Å². The fraction of sp³-hybridized carbons (Fsp3) is 0.238. The molecule has 0 bridgehead atoms. The Morgan fingerprint density at radius 1 is 1.03 bits per heavy atom. The van der Waals surface area contributed by atoms with Crippen molar-refractivity contribution in [1.29, 1.82) is 0 Å². The number of anilines is 1. The van der Waals surface area contributed by atoms with Gasteiger partial charge in [0, 0.05) is 5.69 Å². The molecule has 0 saturated heterocycles. The van der Waals surface area contributed by atoms with E-state index in [1.54, 1.807) is 12.1 Å². The number of carbonyl (C=O) groups is 2. The van der Waals surface area contributed by atoms with Crippen molar-refractivity contribution in [3.8, 4) is 0 Å². The minimum Gasteiger partial charge on any atom is -0.454 e. The van der Waals surface area contributed by atoms with E-state index >= 15 is 0 Å². The van der Waals surface area contributed by atoms with Crippen molar-refractivity contribution in [2.24, 2.45) is 0 Å². The highest BCUT2D eigenvalue weighted by molar-refractivity contribution is 5.94. The molecule has 0 saturated carbocycles. The van der Waals surface area contributed by atoms with Crippen LogP contribution in [0.3, 0.4) is 0 Å². The summed E-state index contributed by atoms with van der Waals surface area (Å²) in [7, 11) is 0. The molecule has 8 nitrogen and oxygen atoms in total. The van der Waals surface area contributed by atoms with E-state index in [0.29, 0.717) is 5.69 Å². The van der Waals surface area contributed by atoms with E-state index in [4.69, 9.17) is 4.74 Å². The molecule has 0 aliphatic rings. The van der Waals surface area contributed by atoms with Crippen molar-refractivity contribution in [3.05, 3.63) is 73.8 Å². The first-order valence-corrected chi connectivity index (χ1v) is 9.01. The number of rotatable bonds is 5. The summed E-state index contributed by atoms with van der Waals surface area (Å²) in [5.41, 5.74) is 2.56. The maximum absolute atomic E-state index is 12.4. The fourth-order valence-electron chi connectivity index (χ4n) is 3.23. The topological polar surface area (TPSA) is 110 Å². The fourth-order valence-corrected chi connectivity index (χ4v) is 3.23. The number of amides is 1. The Balaban J connectivity index is 1.66. The van der Waals surface area contributed by atoms with Crippen molar-refractivity contribution in [2.75, 3.05) is 11.9 Å². The average Bonchev–Trinajstić information content (AvgIpc) is 2.67. The maximum Gasteiger partial charge on any atom is 0.328 e. The Kier molecular flexibility index (Phi) is 5.63. The summed E-state index contributed by atoms with van der Waals surface area (Å²) in [6.45, 7) is 4.72. The normalized spacial score (nSPS) is 10.7. The van der Waals surface area contributed by atoms with Crippen LogP contribution in [0.5, 0.6) is 0 Å². The first-order valence-electron chi connectivity index (χ1n) is 9.01. The number of aromatic amines is 1. The molecule has 0 radical (unpaired) electrons. The highest BCUT2D eigenvalue weighted by atomic mass is 16.5.